The van der Waals surface area contributed by atoms with Crippen molar-refractivity contribution in [2.24, 2.45) is 0 Å². The van der Waals surface area contributed by atoms with Crippen LogP contribution in [0.4, 0.5) is 5.69 Å². The van der Waals surface area contributed by atoms with Gasteiger partial charge in [0.05, 0.1) is 34.3 Å². The molecule has 0 aliphatic heterocycles. The van der Waals surface area contributed by atoms with Gasteiger partial charge < -0.3 is 10.1 Å². The molecule has 0 saturated heterocycles. The molecule has 0 radical (unpaired) electrons. The summed E-state index contributed by atoms with van der Waals surface area (Å²) in [5.41, 5.74) is 3.28. The van der Waals surface area contributed by atoms with E-state index in [1.165, 1.54) is 7.11 Å². The van der Waals surface area contributed by atoms with Gasteiger partial charge in [-0.05, 0) is 60.7 Å². The van der Waals surface area contributed by atoms with Crippen molar-refractivity contribution in [1.82, 2.24) is 4.98 Å². The van der Waals surface area contributed by atoms with E-state index >= 15 is 0 Å². The molecule has 1 heterocycles. The molecule has 1 N–H and O–H groups in total. The quantitative estimate of drug-likeness (QED) is 0.582. The molecular weight excluding hydrogens is 412 g/mol. The van der Waals surface area contributed by atoms with Gasteiger partial charge in [0.2, 0.25) is 9.84 Å². The smallest absolute Gasteiger partial charge is 0.340 e. The van der Waals surface area contributed by atoms with E-state index in [0.29, 0.717) is 27.6 Å². The number of ether oxygens (including phenoxy) is 1. The van der Waals surface area contributed by atoms with Crippen molar-refractivity contribution in [3.63, 3.8) is 0 Å². The summed E-state index contributed by atoms with van der Waals surface area (Å²) in [7, 11) is -2.19. The molecule has 2 aromatic carbocycles. The highest BCUT2D eigenvalue weighted by atomic mass is 32.2. The van der Waals surface area contributed by atoms with Crippen molar-refractivity contribution >= 4 is 21.5 Å². The highest BCUT2D eigenvalue weighted by Gasteiger charge is 2.24. The molecule has 1 unspecified atom stereocenters. The van der Waals surface area contributed by atoms with Gasteiger partial charge in [-0.1, -0.05) is 24.3 Å². The fourth-order valence-corrected chi connectivity index (χ4v) is 5.39. The number of esters is 1. The number of nitrogens with zero attached hydrogens (tertiary/aromatic N) is 1. The number of rotatable bonds is 6. The SMILES string of the molecule is COC(=O)c1ccncc1NCC1CCCc2cc(S(=O)(=O)c3ccccc3)ccc21. The third kappa shape index (κ3) is 4.32. The van der Waals surface area contributed by atoms with Crippen molar-refractivity contribution in [1.29, 1.82) is 0 Å². The molecule has 31 heavy (non-hydrogen) atoms. The van der Waals surface area contributed by atoms with Gasteiger partial charge in [-0.2, -0.15) is 0 Å². The molecule has 1 aromatic heterocycles. The zero-order chi connectivity index (χ0) is 21.8. The first-order valence-corrected chi connectivity index (χ1v) is 11.7. The van der Waals surface area contributed by atoms with Crippen molar-refractivity contribution in [2.45, 2.75) is 35.0 Å². The van der Waals surface area contributed by atoms with Crippen LogP contribution in [0.5, 0.6) is 0 Å². The van der Waals surface area contributed by atoms with Crippen LogP contribution in [0.2, 0.25) is 0 Å². The van der Waals surface area contributed by atoms with Crippen molar-refractivity contribution in [3.05, 3.63) is 83.7 Å². The number of carbonyl (C=O) groups is 1. The Kier molecular flexibility index (Phi) is 6.04. The number of hydrogen-bond donors (Lipinski definition) is 1. The van der Waals surface area contributed by atoms with Crippen LogP contribution in [0.1, 0.15) is 40.2 Å². The molecule has 6 nitrogen and oxygen atoms in total. The number of benzene rings is 2. The third-order valence-corrected chi connectivity index (χ3v) is 7.45. The van der Waals surface area contributed by atoms with E-state index in [1.54, 1.807) is 54.9 Å². The first-order valence-electron chi connectivity index (χ1n) is 10.2. The van der Waals surface area contributed by atoms with E-state index in [-0.39, 0.29) is 5.92 Å². The summed E-state index contributed by atoms with van der Waals surface area (Å²) in [5.74, 6) is -0.201. The fourth-order valence-electron chi connectivity index (χ4n) is 4.06. The minimum Gasteiger partial charge on any atom is -0.465 e. The molecule has 1 aliphatic carbocycles. The molecular formula is C24H24N2O4S. The number of carbonyl (C=O) groups excluding carboxylic acids is 1. The highest BCUT2D eigenvalue weighted by molar-refractivity contribution is 7.91. The Morgan fingerprint density at radius 2 is 1.94 bits per heavy atom. The molecule has 0 saturated carbocycles. The number of sulfone groups is 1. The lowest BCUT2D eigenvalue weighted by Crippen LogP contribution is -2.20. The van der Waals surface area contributed by atoms with Gasteiger partial charge >= 0.3 is 5.97 Å². The first kappa shape index (κ1) is 21.1. The fraction of sp³-hybridized carbons (Fsp3) is 0.250. The molecule has 0 fully saturated rings. The monoisotopic (exact) mass is 436 g/mol. The summed E-state index contributed by atoms with van der Waals surface area (Å²) < 4.78 is 30.8. The summed E-state index contributed by atoms with van der Waals surface area (Å²) in [5, 5.41) is 3.33. The maximum absolute atomic E-state index is 13.0. The van der Waals surface area contributed by atoms with Gasteiger partial charge in [-0.15, -0.1) is 0 Å². The molecule has 160 valence electrons. The van der Waals surface area contributed by atoms with Crippen LogP contribution in [0, 0.1) is 0 Å². The number of fused-ring (bicyclic) bond motifs is 1. The number of hydrogen-bond acceptors (Lipinski definition) is 6. The normalized spacial score (nSPS) is 15.7. The minimum atomic E-state index is -3.54. The Labute approximate surface area is 182 Å². The maximum atomic E-state index is 13.0. The summed E-state index contributed by atoms with van der Waals surface area (Å²) in [6, 6.07) is 15.6. The van der Waals surface area contributed by atoms with Gasteiger partial charge in [0.1, 0.15) is 0 Å². The molecule has 0 bridgehead atoms. The second kappa shape index (κ2) is 8.89. The number of nitrogens with one attached hydrogen (secondary N) is 1. The molecule has 3 aromatic rings. The number of aryl methyl sites for hydroxylation is 1. The molecule has 1 atom stereocenters. The molecule has 4 rings (SSSR count). The Hall–Kier alpha value is -3.19. The summed E-state index contributed by atoms with van der Waals surface area (Å²) in [6.07, 6.45) is 5.99. The second-order valence-electron chi connectivity index (χ2n) is 7.56. The van der Waals surface area contributed by atoms with Crippen LogP contribution in [0.15, 0.2) is 76.8 Å². The topological polar surface area (TPSA) is 85.4 Å². The van der Waals surface area contributed by atoms with E-state index in [9.17, 15) is 13.2 Å². The van der Waals surface area contributed by atoms with Crippen LogP contribution < -0.4 is 5.32 Å². The Bertz CT molecular complexity index is 1190. The van der Waals surface area contributed by atoms with Crippen LogP contribution in [-0.2, 0) is 21.0 Å². The lowest BCUT2D eigenvalue weighted by atomic mass is 9.83. The number of pyridine rings is 1. The predicted molar refractivity (Wildman–Crippen MR) is 118 cm³/mol. The van der Waals surface area contributed by atoms with Crippen molar-refractivity contribution in [2.75, 3.05) is 19.0 Å². The zero-order valence-electron chi connectivity index (χ0n) is 17.2. The Morgan fingerprint density at radius 3 is 2.71 bits per heavy atom. The lowest BCUT2D eigenvalue weighted by Gasteiger charge is -2.27. The third-order valence-electron chi connectivity index (χ3n) is 5.68. The number of aromatic nitrogens is 1. The lowest BCUT2D eigenvalue weighted by molar-refractivity contribution is 0.0601. The van der Waals surface area contributed by atoms with Gasteiger partial charge in [0.15, 0.2) is 0 Å². The van der Waals surface area contributed by atoms with Gasteiger partial charge in [0, 0.05) is 18.7 Å². The minimum absolute atomic E-state index is 0.211. The van der Waals surface area contributed by atoms with E-state index < -0.39 is 15.8 Å². The average Bonchev–Trinajstić information content (AvgIpc) is 2.82. The average molecular weight is 437 g/mol. The van der Waals surface area contributed by atoms with E-state index in [0.717, 1.165) is 30.4 Å². The summed E-state index contributed by atoms with van der Waals surface area (Å²) >= 11 is 0. The van der Waals surface area contributed by atoms with Crippen molar-refractivity contribution < 1.29 is 17.9 Å². The maximum Gasteiger partial charge on any atom is 0.340 e. The summed E-state index contributed by atoms with van der Waals surface area (Å²) in [6.45, 7) is 0.619. The van der Waals surface area contributed by atoms with Gasteiger partial charge in [-0.3, -0.25) is 4.98 Å². The number of anilines is 1. The summed E-state index contributed by atoms with van der Waals surface area (Å²) in [4.78, 5) is 16.7. The number of methoxy groups -OCH3 is 1. The largest absolute Gasteiger partial charge is 0.465 e. The van der Waals surface area contributed by atoms with Crippen LogP contribution in [0.3, 0.4) is 0 Å². The first-order chi connectivity index (χ1) is 15.0. The molecule has 7 heteroatoms. The predicted octanol–water partition coefficient (Wildman–Crippen LogP) is 4.23. The molecule has 0 spiro atoms. The van der Waals surface area contributed by atoms with Crippen molar-refractivity contribution in [3.8, 4) is 0 Å². The zero-order valence-corrected chi connectivity index (χ0v) is 18.1. The van der Waals surface area contributed by atoms with Crippen LogP contribution in [-0.4, -0.2) is 33.0 Å². The van der Waals surface area contributed by atoms with Crippen LogP contribution >= 0.6 is 0 Å². The van der Waals surface area contributed by atoms with E-state index in [2.05, 4.69) is 10.3 Å². The van der Waals surface area contributed by atoms with Crippen LogP contribution in [0.25, 0.3) is 0 Å². The Balaban J connectivity index is 1.57. The Morgan fingerprint density at radius 1 is 1.13 bits per heavy atom. The standard InChI is InChI=1S/C24H24N2O4S/c1-30-24(27)22-12-13-25-16-23(22)26-15-18-7-5-6-17-14-20(10-11-21(17)18)31(28,29)19-8-3-2-4-9-19/h2-4,8-14,16,18,26H,5-7,15H2,1H3. The molecule has 0 amide bonds. The molecule has 1 aliphatic rings. The second-order valence-corrected chi connectivity index (χ2v) is 9.51. The van der Waals surface area contributed by atoms with Gasteiger partial charge in [0.25, 0.3) is 0 Å². The highest BCUT2D eigenvalue weighted by Crippen LogP contribution is 2.34. The van der Waals surface area contributed by atoms with E-state index in [4.69, 9.17) is 4.74 Å². The van der Waals surface area contributed by atoms with Gasteiger partial charge in [-0.25, -0.2) is 13.2 Å². The van der Waals surface area contributed by atoms with E-state index in [1.807, 2.05) is 12.1 Å².